The van der Waals surface area contributed by atoms with Gasteiger partial charge in [-0.2, -0.15) is 5.10 Å². The van der Waals surface area contributed by atoms with Gasteiger partial charge in [0.1, 0.15) is 0 Å². The Morgan fingerprint density at radius 1 is 1.29 bits per heavy atom. The average Bonchev–Trinajstić information content (AvgIpc) is 3.08. The molecule has 2 aromatic rings. The maximum absolute atomic E-state index is 12.7. The van der Waals surface area contributed by atoms with Crippen molar-refractivity contribution in [2.45, 2.75) is 33.2 Å². The summed E-state index contributed by atoms with van der Waals surface area (Å²) >= 11 is 0. The van der Waals surface area contributed by atoms with Crippen LogP contribution in [0.5, 0.6) is 0 Å². The van der Waals surface area contributed by atoms with E-state index in [9.17, 15) is 4.79 Å². The zero-order chi connectivity index (χ0) is 16.6. The molecule has 1 aromatic carbocycles. The molecule has 2 atom stereocenters. The Kier molecular flexibility index (Phi) is 5.67. The van der Waals surface area contributed by atoms with E-state index >= 15 is 0 Å². The van der Waals surface area contributed by atoms with Crippen LogP contribution in [0, 0.1) is 19.8 Å². The third-order valence-corrected chi connectivity index (χ3v) is 4.62. The maximum Gasteiger partial charge on any atom is 0.254 e. The van der Waals surface area contributed by atoms with Crippen molar-refractivity contribution < 1.29 is 4.79 Å². The van der Waals surface area contributed by atoms with E-state index in [0.29, 0.717) is 12.5 Å². The number of rotatable bonds is 3. The van der Waals surface area contributed by atoms with Crippen molar-refractivity contribution in [1.29, 1.82) is 0 Å². The summed E-state index contributed by atoms with van der Waals surface area (Å²) in [5, 5.41) is 4.47. The standard InChI is InChI=1S/C18H24N4O.ClH/c1-12-8-14(3)22(20-12)17-6-4-16(5-7-17)18(23)21-11-15(10-19)9-13(21)2;/h4-8,13,15H,9-11,19H2,1-3H3;1H. The highest BCUT2D eigenvalue weighted by atomic mass is 35.5. The minimum atomic E-state index is 0. The van der Waals surface area contributed by atoms with E-state index in [-0.39, 0.29) is 24.4 Å². The summed E-state index contributed by atoms with van der Waals surface area (Å²) < 4.78 is 1.90. The highest BCUT2D eigenvalue weighted by Crippen LogP contribution is 2.24. The fourth-order valence-corrected chi connectivity index (χ4v) is 3.40. The van der Waals surface area contributed by atoms with E-state index < -0.39 is 0 Å². The second-order valence-corrected chi connectivity index (χ2v) is 6.53. The van der Waals surface area contributed by atoms with Gasteiger partial charge in [0, 0.05) is 23.8 Å². The fraction of sp³-hybridized carbons (Fsp3) is 0.444. The summed E-state index contributed by atoms with van der Waals surface area (Å²) in [5.74, 6) is 0.510. The van der Waals surface area contributed by atoms with Crippen molar-refractivity contribution in [3.63, 3.8) is 0 Å². The van der Waals surface area contributed by atoms with Crippen LogP contribution in [0.15, 0.2) is 30.3 Å². The molecule has 0 aliphatic carbocycles. The lowest BCUT2D eigenvalue weighted by Crippen LogP contribution is -2.34. The van der Waals surface area contributed by atoms with E-state index in [1.807, 2.05) is 53.8 Å². The van der Waals surface area contributed by atoms with Crippen LogP contribution in [0.25, 0.3) is 5.69 Å². The Labute approximate surface area is 149 Å². The molecule has 0 saturated carbocycles. The molecule has 6 heteroatoms. The lowest BCUT2D eigenvalue weighted by Gasteiger charge is -2.21. The Hall–Kier alpha value is -1.85. The molecule has 1 amide bonds. The van der Waals surface area contributed by atoms with E-state index in [1.54, 1.807) is 0 Å². The summed E-state index contributed by atoms with van der Waals surface area (Å²) in [5.41, 5.74) is 9.52. The molecule has 0 bridgehead atoms. The van der Waals surface area contributed by atoms with Crippen LogP contribution in [0.3, 0.4) is 0 Å². The van der Waals surface area contributed by atoms with Gasteiger partial charge in [0.2, 0.25) is 0 Å². The molecule has 1 aliphatic heterocycles. The first-order chi connectivity index (χ1) is 11.0. The number of amides is 1. The lowest BCUT2D eigenvalue weighted by atomic mass is 10.1. The highest BCUT2D eigenvalue weighted by molar-refractivity contribution is 5.94. The zero-order valence-electron chi connectivity index (χ0n) is 14.4. The molecule has 1 aliphatic rings. The molecule has 0 spiro atoms. The summed E-state index contributed by atoms with van der Waals surface area (Å²) in [6.45, 7) is 7.50. The van der Waals surface area contributed by atoms with Gasteiger partial charge >= 0.3 is 0 Å². The van der Waals surface area contributed by atoms with Crippen molar-refractivity contribution in [2.75, 3.05) is 13.1 Å². The lowest BCUT2D eigenvalue weighted by molar-refractivity contribution is 0.0743. The molecule has 2 N–H and O–H groups in total. The molecule has 130 valence electrons. The first kappa shape index (κ1) is 18.5. The molecular weight excluding hydrogens is 324 g/mol. The molecule has 0 radical (unpaired) electrons. The van der Waals surface area contributed by atoms with Crippen LogP contribution >= 0.6 is 12.4 Å². The van der Waals surface area contributed by atoms with Crippen molar-refractivity contribution in [2.24, 2.45) is 11.7 Å². The SMILES string of the molecule is Cc1cc(C)n(-c2ccc(C(=O)N3CC(CN)CC3C)cc2)n1.Cl. The molecular formula is C18H25ClN4O. The zero-order valence-corrected chi connectivity index (χ0v) is 15.2. The molecule has 1 fully saturated rings. The van der Waals surface area contributed by atoms with Crippen molar-refractivity contribution in [3.05, 3.63) is 47.3 Å². The first-order valence-electron chi connectivity index (χ1n) is 8.14. The first-order valence-corrected chi connectivity index (χ1v) is 8.14. The van der Waals surface area contributed by atoms with Gasteiger partial charge in [0.15, 0.2) is 0 Å². The molecule has 2 unspecified atom stereocenters. The number of carbonyl (C=O) groups is 1. The van der Waals surface area contributed by atoms with Gasteiger partial charge in [-0.1, -0.05) is 0 Å². The normalized spacial score (nSPS) is 20.1. The van der Waals surface area contributed by atoms with Crippen molar-refractivity contribution >= 4 is 18.3 Å². The number of aryl methyl sites for hydroxylation is 2. The number of likely N-dealkylation sites (tertiary alicyclic amines) is 1. The number of nitrogens with two attached hydrogens (primary N) is 1. The fourth-order valence-electron chi connectivity index (χ4n) is 3.40. The Bertz CT molecular complexity index is 710. The number of hydrogen-bond acceptors (Lipinski definition) is 3. The molecule has 3 rings (SSSR count). The topological polar surface area (TPSA) is 64.2 Å². The van der Waals surface area contributed by atoms with Gasteiger partial charge in [0.25, 0.3) is 5.91 Å². The summed E-state index contributed by atoms with van der Waals surface area (Å²) in [6.07, 6.45) is 0.992. The van der Waals surface area contributed by atoms with E-state index in [1.165, 1.54) is 0 Å². The summed E-state index contributed by atoms with van der Waals surface area (Å²) in [7, 11) is 0. The van der Waals surface area contributed by atoms with Crippen molar-refractivity contribution in [3.8, 4) is 5.69 Å². The number of hydrogen-bond donors (Lipinski definition) is 1. The van der Waals surface area contributed by atoms with E-state index in [0.717, 1.165) is 35.6 Å². The predicted octanol–water partition coefficient (Wildman–Crippen LogP) is 2.72. The number of halogens is 1. The Morgan fingerprint density at radius 2 is 1.96 bits per heavy atom. The average molecular weight is 349 g/mol. The maximum atomic E-state index is 12.7. The summed E-state index contributed by atoms with van der Waals surface area (Å²) in [4.78, 5) is 14.6. The highest BCUT2D eigenvalue weighted by Gasteiger charge is 2.31. The second-order valence-electron chi connectivity index (χ2n) is 6.53. The quantitative estimate of drug-likeness (QED) is 0.927. The van der Waals surface area contributed by atoms with Crippen LogP contribution in [-0.4, -0.2) is 39.7 Å². The second kappa shape index (κ2) is 7.36. The third-order valence-electron chi connectivity index (χ3n) is 4.62. The van der Waals surface area contributed by atoms with Crippen LogP contribution in [0.1, 0.15) is 35.1 Å². The van der Waals surface area contributed by atoms with Gasteiger partial charge in [-0.25, -0.2) is 4.68 Å². The third kappa shape index (κ3) is 3.47. The van der Waals surface area contributed by atoms with Gasteiger partial charge in [-0.15, -0.1) is 12.4 Å². The number of aromatic nitrogens is 2. The Balaban J connectivity index is 0.00000208. The Morgan fingerprint density at radius 3 is 2.46 bits per heavy atom. The van der Waals surface area contributed by atoms with Gasteiger partial charge < -0.3 is 10.6 Å². The van der Waals surface area contributed by atoms with Crippen molar-refractivity contribution in [1.82, 2.24) is 14.7 Å². The monoisotopic (exact) mass is 348 g/mol. The van der Waals surface area contributed by atoms with Gasteiger partial charge in [-0.3, -0.25) is 4.79 Å². The van der Waals surface area contributed by atoms with Gasteiger partial charge in [0.05, 0.1) is 11.4 Å². The van der Waals surface area contributed by atoms with Crippen LogP contribution in [0.4, 0.5) is 0 Å². The molecule has 1 aromatic heterocycles. The van der Waals surface area contributed by atoms with Crippen LogP contribution in [-0.2, 0) is 0 Å². The smallest absolute Gasteiger partial charge is 0.254 e. The number of benzene rings is 1. The number of carbonyl (C=O) groups excluding carboxylic acids is 1. The minimum absolute atomic E-state index is 0. The molecule has 5 nitrogen and oxygen atoms in total. The summed E-state index contributed by atoms with van der Waals surface area (Å²) in [6, 6.07) is 9.97. The molecule has 24 heavy (non-hydrogen) atoms. The van der Waals surface area contributed by atoms with Crippen LogP contribution < -0.4 is 5.73 Å². The van der Waals surface area contributed by atoms with Crippen LogP contribution in [0.2, 0.25) is 0 Å². The largest absolute Gasteiger partial charge is 0.336 e. The number of nitrogens with zero attached hydrogens (tertiary/aromatic N) is 3. The van der Waals surface area contributed by atoms with Gasteiger partial charge in [-0.05, 0) is 70.0 Å². The predicted molar refractivity (Wildman–Crippen MR) is 97.9 cm³/mol. The minimum Gasteiger partial charge on any atom is -0.336 e. The van der Waals surface area contributed by atoms with E-state index in [2.05, 4.69) is 12.0 Å². The molecule has 1 saturated heterocycles. The van der Waals surface area contributed by atoms with E-state index in [4.69, 9.17) is 5.73 Å². The molecule has 2 heterocycles.